The van der Waals surface area contributed by atoms with Gasteiger partial charge in [-0.15, -0.1) is 11.3 Å². The Labute approximate surface area is 337 Å². The summed E-state index contributed by atoms with van der Waals surface area (Å²) in [6, 6.07) is 73.7. The van der Waals surface area contributed by atoms with E-state index in [-0.39, 0.29) is 0 Å². The van der Waals surface area contributed by atoms with Crippen LogP contribution in [0.3, 0.4) is 0 Å². The second kappa shape index (κ2) is 12.1. The molecule has 0 aliphatic carbocycles. The number of hydrogen-bond acceptors (Lipinski definition) is 1. The molecule has 9 aromatic carbocycles. The van der Waals surface area contributed by atoms with Crippen LogP contribution >= 0.6 is 11.3 Å². The summed E-state index contributed by atoms with van der Waals surface area (Å²) in [7, 11) is 0. The van der Waals surface area contributed by atoms with E-state index in [0.29, 0.717) is 0 Å². The zero-order valence-electron chi connectivity index (χ0n) is 31.3. The number of hydrogen-bond donors (Lipinski definition) is 0. The first-order chi connectivity index (χ1) is 28.8. The summed E-state index contributed by atoms with van der Waals surface area (Å²) >= 11 is 1.89. The molecule has 0 spiro atoms. The maximum Gasteiger partial charge on any atom is 0.0719 e. The molecule has 0 aliphatic rings. The summed E-state index contributed by atoms with van der Waals surface area (Å²) in [5.74, 6) is 0. The molecule has 0 N–H and O–H groups in total. The molecule has 4 heteroatoms. The summed E-state index contributed by atoms with van der Waals surface area (Å²) < 4.78 is 10.0. The average Bonchev–Trinajstić information content (AvgIpc) is 4.03. The number of fused-ring (bicyclic) bond motifs is 13. The number of para-hydroxylation sites is 5. The number of rotatable bonds is 4. The van der Waals surface area contributed by atoms with E-state index in [2.05, 4.69) is 214 Å². The first-order valence-electron chi connectivity index (χ1n) is 19.8. The second-order valence-corrected chi connectivity index (χ2v) is 16.4. The lowest BCUT2D eigenvalue weighted by atomic mass is 10.0. The van der Waals surface area contributed by atoms with Gasteiger partial charge in [0.25, 0.3) is 0 Å². The van der Waals surface area contributed by atoms with Gasteiger partial charge in [0.2, 0.25) is 0 Å². The van der Waals surface area contributed by atoms with Gasteiger partial charge in [0.1, 0.15) is 0 Å². The van der Waals surface area contributed by atoms with Crippen LogP contribution in [0, 0.1) is 0 Å². The van der Waals surface area contributed by atoms with E-state index >= 15 is 0 Å². The van der Waals surface area contributed by atoms with Crippen LogP contribution in [0.5, 0.6) is 0 Å². The van der Waals surface area contributed by atoms with Crippen molar-refractivity contribution in [2.75, 3.05) is 0 Å². The van der Waals surface area contributed by atoms with E-state index in [1.807, 2.05) is 11.3 Å². The number of benzene rings is 9. The molecule has 13 rings (SSSR count). The molecule has 13 aromatic rings. The minimum Gasteiger partial charge on any atom is -0.309 e. The molecule has 0 bridgehead atoms. The Balaban J connectivity index is 1.06. The van der Waals surface area contributed by atoms with Crippen LogP contribution in [-0.2, 0) is 0 Å². The lowest BCUT2D eigenvalue weighted by Crippen LogP contribution is -2.00. The molecule has 0 unspecified atom stereocenters. The van der Waals surface area contributed by atoms with Gasteiger partial charge in [-0.25, -0.2) is 0 Å². The van der Waals surface area contributed by atoms with Crippen LogP contribution in [-0.4, -0.2) is 13.7 Å². The maximum atomic E-state index is 2.48. The first-order valence-corrected chi connectivity index (χ1v) is 20.7. The van der Waals surface area contributed by atoms with E-state index in [9.17, 15) is 0 Å². The molecule has 3 nitrogen and oxygen atoms in total. The second-order valence-electron chi connectivity index (χ2n) is 15.3. The fourth-order valence-corrected chi connectivity index (χ4v) is 11.0. The van der Waals surface area contributed by atoms with Crippen molar-refractivity contribution >= 4 is 96.9 Å². The summed E-state index contributed by atoms with van der Waals surface area (Å²) in [6.07, 6.45) is 0. The molecule has 4 aromatic heterocycles. The fourth-order valence-electron chi connectivity index (χ4n) is 9.72. The summed E-state index contributed by atoms with van der Waals surface area (Å²) in [5, 5.41) is 10.2. The summed E-state index contributed by atoms with van der Waals surface area (Å²) in [4.78, 5) is 0. The average molecular weight is 756 g/mol. The Hall–Kier alpha value is -7.40. The molecular weight excluding hydrogens is 723 g/mol. The van der Waals surface area contributed by atoms with Crippen LogP contribution in [0.1, 0.15) is 0 Å². The topological polar surface area (TPSA) is 14.8 Å². The minimum absolute atomic E-state index is 1.13. The Morgan fingerprint density at radius 3 is 1.21 bits per heavy atom. The van der Waals surface area contributed by atoms with Crippen molar-refractivity contribution in [3.05, 3.63) is 200 Å². The smallest absolute Gasteiger partial charge is 0.0719 e. The number of nitrogens with zero attached hydrogens (tertiary/aromatic N) is 3. The van der Waals surface area contributed by atoms with Crippen molar-refractivity contribution in [3.63, 3.8) is 0 Å². The third-order valence-electron chi connectivity index (χ3n) is 12.2. The van der Waals surface area contributed by atoms with Gasteiger partial charge in [0, 0.05) is 64.9 Å². The lowest BCUT2D eigenvalue weighted by Gasteiger charge is -2.16. The Morgan fingerprint density at radius 1 is 0.276 bits per heavy atom. The fraction of sp³-hybridized carbons (Fsp3) is 0. The Morgan fingerprint density at radius 2 is 0.690 bits per heavy atom. The van der Waals surface area contributed by atoms with E-state index in [1.54, 1.807) is 0 Å². The highest BCUT2D eigenvalue weighted by atomic mass is 32.1. The molecule has 0 fully saturated rings. The van der Waals surface area contributed by atoms with Crippen molar-refractivity contribution in [1.29, 1.82) is 0 Å². The van der Waals surface area contributed by atoms with Gasteiger partial charge >= 0.3 is 0 Å². The van der Waals surface area contributed by atoms with Crippen LogP contribution in [0.15, 0.2) is 200 Å². The standard InChI is InChI=1S/C54H33N3S/c1-7-19-47-39(13-1)40-14-2-8-20-48(40)55(47)37-31-35(32-38(33-37)56-49-21-9-3-15-41(49)42-16-4-10-22-50(42)56)34-25-27-36(28-26-34)57-51-23-11-5-17-43(51)45-29-30-46-44-18-6-12-24-52(44)58-54(46)53(45)57/h1-33H. The minimum atomic E-state index is 1.13. The molecule has 0 aliphatic heterocycles. The normalized spacial score (nSPS) is 12.1. The quantitative estimate of drug-likeness (QED) is 0.170. The molecule has 0 saturated heterocycles. The van der Waals surface area contributed by atoms with Gasteiger partial charge in [0.05, 0.1) is 37.8 Å². The summed E-state index contributed by atoms with van der Waals surface area (Å²) in [6.45, 7) is 0. The van der Waals surface area contributed by atoms with Crippen molar-refractivity contribution in [1.82, 2.24) is 13.7 Å². The summed E-state index contributed by atoms with van der Waals surface area (Å²) in [5.41, 5.74) is 13.0. The molecule has 0 amide bonds. The number of thiophene rings is 1. The van der Waals surface area contributed by atoms with Crippen LogP contribution < -0.4 is 0 Å². The monoisotopic (exact) mass is 755 g/mol. The molecule has 0 atom stereocenters. The van der Waals surface area contributed by atoms with Gasteiger partial charge in [0.15, 0.2) is 0 Å². The zero-order chi connectivity index (χ0) is 37.9. The van der Waals surface area contributed by atoms with Crippen LogP contribution in [0.25, 0.3) is 114 Å². The highest BCUT2D eigenvalue weighted by Gasteiger charge is 2.20. The SMILES string of the molecule is c1ccc2c(c1)sc1c2ccc2c3ccccc3n(-c3ccc(-c4cc(-n5c6ccccc6c6ccccc65)cc(-n5c6ccccc6c6ccccc65)c4)cc3)c21. The predicted molar refractivity (Wildman–Crippen MR) is 248 cm³/mol. The van der Waals surface area contributed by atoms with Gasteiger partial charge in [-0.3, -0.25) is 0 Å². The maximum absolute atomic E-state index is 2.48. The molecule has 4 heterocycles. The largest absolute Gasteiger partial charge is 0.309 e. The van der Waals surface area contributed by atoms with Crippen molar-refractivity contribution in [2.24, 2.45) is 0 Å². The van der Waals surface area contributed by atoms with Gasteiger partial charge < -0.3 is 13.7 Å². The van der Waals surface area contributed by atoms with Crippen molar-refractivity contribution in [2.45, 2.75) is 0 Å². The van der Waals surface area contributed by atoms with Crippen molar-refractivity contribution in [3.8, 4) is 28.2 Å². The Kier molecular flexibility index (Phi) is 6.60. The van der Waals surface area contributed by atoms with Gasteiger partial charge in [-0.2, -0.15) is 0 Å². The van der Waals surface area contributed by atoms with E-state index in [1.165, 1.54) is 91.2 Å². The number of aromatic nitrogens is 3. The third-order valence-corrected chi connectivity index (χ3v) is 13.4. The van der Waals surface area contributed by atoms with Gasteiger partial charge in [-0.1, -0.05) is 133 Å². The molecular formula is C54H33N3S. The molecule has 58 heavy (non-hydrogen) atoms. The lowest BCUT2D eigenvalue weighted by molar-refractivity contribution is 1.13. The van der Waals surface area contributed by atoms with E-state index < -0.39 is 0 Å². The molecule has 0 saturated carbocycles. The molecule has 270 valence electrons. The van der Waals surface area contributed by atoms with E-state index in [4.69, 9.17) is 0 Å². The molecule has 0 radical (unpaired) electrons. The highest BCUT2D eigenvalue weighted by Crippen LogP contribution is 2.44. The van der Waals surface area contributed by atoms with E-state index in [0.717, 1.165) is 22.6 Å². The first kappa shape index (κ1) is 31.8. The zero-order valence-corrected chi connectivity index (χ0v) is 32.1. The third kappa shape index (κ3) is 4.43. The highest BCUT2D eigenvalue weighted by molar-refractivity contribution is 7.26. The Bertz CT molecular complexity index is 3560. The van der Waals surface area contributed by atoms with Crippen molar-refractivity contribution < 1.29 is 0 Å². The van der Waals surface area contributed by atoms with Crippen LogP contribution in [0.4, 0.5) is 0 Å². The van der Waals surface area contributed by atoms with Gasteiger partial charge in [-0.05, 0) is 77.9 Å². The predicted octanol–water partition coefficient (Wildman–Crippen LogP) is 15.0. The van der Waals surface area contributed by atoms with Crippen LogP contribution in [0.2, 0.25) is 0 Å².